The van der Waals surface area contributed by atoms with Gasteiger partial charge in [0.2, 0.25) is 0 Å². The van der Waals surface area contributed by atoms with Gasteiger partial charge in [-0.25, -0.2) is 4.79 Å². The van der Waals surface area contributed by atoms with E-state index in [1.807, 2.05) is 11.9 Å². The molecule has 13 heavy (non-hydrogen) atoms. The summed E-state index contributed by atoms with van der Waals surface area (Å²) in [6.07, 6.45) is 0.297. The molecule has 0 amide bonds. The first-order valence-electron chi connectivity index (χ1n) is 4.44. The zero-order valence-corrected chi connectivity index (χ0v) is 8.37. The van der Waals surface area contributed by atoms with Gasteiger partial charge < -0.3 is 15.1 Å². The zero-order chi connectivity index (χ0) is 10.3. The van der Waals surface area contributed by atoms with Crippen LogP contribution in [-0.4, -0.2) is 46.8 Å². The number of carbonyl (C=O) groups is 1. The Bertz CT molecular complexity index is 227. The molecule has 1 rings (SSSR count). The maximum absolute atomic E-state index is 10.9. The molecular formula is C9H17NO3. The Hall–Kier alpha value is -0.610. The van der Waals surface area contributed by atoms with Crippen LogP contribution in [0.4, 0.5) is 0 Å². The van der Waals surface area contributed by atoms with Gasteiger partial charge in [0.1, 0.15) is 0 Å². The van der Waals surface area contributed by atoms with E-state index in [2.05, 4.69) is 0 Å². The highest BCUT2D eigenvalue weighted by molar-refractivity contribution is 5.78. The van der Waals surface area contributed by atoms with Crippen LogP contribution in [0.25, 0.3) is 0 Å². The van der Waals surface area contributed by atoms with Crippen molar-refractivity contribution in [3.8, 4) is 0 Å². The Kier molecular flexibility index (Phi) is 2.38. The molecule has 2 N–H and O–H groups in total. The number of aliphatic carboxylic acids is 1. The summed E-state index contributed by atoms with van der Waals surface area (Å²) in [6.45, 7) is 4.82. The largest absolute Gasteiger partial charge is 0.479 e. The van der Waals surface area contributed by atoms with Gasteiger partial charge in [-0.15, -0.1) is 0 Å². The predicted molar refractivity (Wildman–Crippen MR) is 48.5 cm³/mol. The van der Waals surface area contributed by atoms with Crippen molar-refractivity contribution < 1.29 is 15.0 Å². The van der Waals surface area contributed by atoms with E-state index in [1.54, 1.807) is 13.8 Å². The fraction of sp³-hybridized carbons (Fsp3) is 0.889. The summed E-state index contributed by atoms with van der Waals surface area (Å²) >= 11 is 0. The molecule has 0 radical (unpaired) electrons. The fourth-order valence-electron chi connectivity index (χ4n) is 1.97. The summed E-state index contributed by atoms with van der Waals surface area (Å²) in [5.74, 6) is -1.11. The van der Waals surface area contributed by atoms with Gasteiger partial charge in [-0.2, -0.15) is 0 Å². The van der Waals surface area contributed by atoms with Crippen molar-refractivity contribution in [2.75, 3.05) is 20.1 Å². The average molecular weight is 187 g/mol. The third-order valence-corrected chi connectivity index (χ3v) is 2.99. The standard InChI is InChI=1S/C9H17NO3/c1-8(2)6-10(3)5-4-9(8,13)7(11)12/h13H,4-6H2,1-3H3,(H,11,12). The Morgan fingerprint density at radius 1 is 1.46 bits per heavy atom. The molecule has 0 bridgehead atoms. The summed E-state index contributed by atoms with van der Waals surface area (Å²) in [5.41, 5.74) is -2.16. The van der Waals surface area contributed by atoms with Gasteiger partial charge in [0.25, 0.3) is 0 Å². The molecular weight excluding hydrogens is 170 g/mol. The van der Waals surface area contributed by atoms with E-state index in [9.17, 15) is 9.90 Å². The number of hydrogen-bond donors (Lipinski definition) is 2. The first-order chi connectivity index (χ1) is 5.79. The minimum Gasteiger partial charge on any atom is -0.479 e. The molecule has 1 unspecified atom stereocenters. The molecule has 76 valence electrons. The molecule has 0 spiro atoms. The highest BCUT2D eigenvalue weighted by Gasteiger charge is 2.52. The number of aliphatic hydroxyl groups is 1. The van der Waals surface area contributed by atoms with Crippen molar-refractivity contribution in [1.29, 1.82) is 0 Å². The van der Waals surface area contributed by atoms with Crippen LogP contribution in [-0.2, 0) is 4.79 Å². The van der Waals surface area contributed by atoms with Gasteiger partial charge in [0.15, 0.2) is 5.60 Å². The first kappa shape index (κ1) is 10.5. The van der Waals surface area contributed by atoms with E-state index in [-0.39, 0.29) is 0 Å². The summed E-state index contributed by atoms with van der Waals surface area (Å²) in [7, 11) is 1.93. The molecule has 1 atom stereocenters. The molecule has 1 fully saturated rings. The van der Waals surface area contributed by atoms with Crippen molar-refractivity contribution in [3.63, 3.8) is 0 Å². The maximum atomic E-state index is 10.9. The molecule has 1 saturated heterocycles. The van der Waals surface area contributed by atoms with Gasteiger partial charge in [0, 0.05) is 24.9 Å². The smallest absolute Gasteiger partial charge is 0.336 e. The first-order valence-corrected chi connectivity index (χ1v) is 4.44. The minimum absolute atomic E-state index is 0.297. The Labute approximate surface area is 78.2 Å². The predicted octanol–water partition coefficient (Wildman–Crippen LogP) is 0.164. The van der Waals surface area contributed by atoms with E-state index >= 15 is 0 Å². The van der Waals surface area contributed by atoms with Crippen LogP contribution in [0, 0.1) is 5.41 Å². The van der Waals surface area contributed by atoms with E-state index < -0.39 is 17.0 Å². The van der Waals surface area contributed by atoms with Crippen molar-refractivity contribution in [1.82, 2.24) is 4.90 Å². The number of likely N-dealkylation sites (tertiary alicyclic amines) is 1. The Morgan fingerprint density at radius 2 is 2.00 bits per heavy atom. The molecule has 1 heterocycles. The van der Waals surface area contributed by atoms with Crippen LogP contribution < -0.4 is 0 Å². The molecule has 1 aliphatic rings. The van der Waals surface area contributed by atoms with Gasteiger partial charge >= 0.3 is 5.97 Å². The molecule has 4 heteroatoms. The van der Waals surface area contributed by atoms with Gasteiger partial charge in [-0.1, -0.05) is 13.8 Å². The van der Waals surface area contributed by atoms with E-state index in [0.29, 0.717) is 19.5 Å². The number of piperidine rings is 1. The number of nitrogens with zero attached hydrogens (tertiary/aromatic N) is 1. The molecule has 0 aliphatic carbocycles. The van der Waals surface area contributed by atoms with E-state index in [0.717, 1.165) is 0 Å². The molecule has 0 aromatic heterocycles. The second-order valence-corrected chi connectivity index (χ2v) is 4.54. The lowest BCUT2D eigenvalue weighted by Gasteiger charge is -2.46. The molecule has 0 saturated carbocycles. The third kappa shape index (κ3) is 1.56. The monoisotopic (exact) mass is 187 g/mol. The summed E-state index contributed by atoms with van der Waals surface area (Å²) in [5, 5.41) is 18.9. The average Bonchev–Trinajstić information content (AvgIpc) is 1.96. The normalized spacial score (nSPS) is 34.5. The van der Waals surface area contributed by atoms with Crippen molar-refractivity contribution in [2.45, 2.75) is 25.9 Å². The zero-order valence-electron chi connectivity index (χ0n) is 8.37. The Morgan fingerprint density at radius 3 is 2.38 bits per heavy atom. The maximum Gasteiger partial charge on any atom is 0.336 e. The molecule has 1 aliphatic heterocycles. The van der Waals surface area contributed by atoms with Crippen LogP contribution in [0.1, 0.15) is 20.3 Å². The lowest BCUT2D eigenvalue weighted by molar-refractivity contribution is -0.182. The summed E-state index contributed by atoms with van der Waals surface area (Å²) in [4.78, 5) is 13.0. The van der Waals surface area contributed by atoms with Crippen molar-refractivity contribution in [2.24, 2.45) is 5.41 Å². The molecule has 4 nitrogen and oxygen atoms in total. The topological polar surface area (TPSA) is 60.8 Å². The van der Waals surface area contributed by atoms with Crippen LogP contribution in [0.15, 0.2) is 0 Å². The SMILES string of the molecule is CN1CCC(O)(C(=O)O)C(C)(C)C1. The Balaban J connectivity index is 2.92. The number of hydrogen-bond acceptors (Lipinski definition) is 3. The van der Waals surface area contributed by atoms with Crippen molar-refractivity contribution >= 4 is 5.97 Å². The number of rotatable bonds is 1. The second-order valence-electron chi connectivity index (χ2n) is 4.54. The van der Waals surface area contributed by atoms with Gasteiger partial charge in [0.05, 0.1) is 0 Å². The number of carboxylic acids is 1. The van der Waals surface area contributed by atoms with Crippen LogP contribution in [0.5, 0.6) is 0 Å². The fourth-order valence-corrected chi connectivity index (χ4v) is 1.97. The van der Waals surface area contributed by atoms with Gasteiger partial charge in [-0.3, -0.25) is 0 Å². The summed E-state index contributed by atoms with van der Waals surface area (Å²) in [6, 6.07) is 0. The minimum atomic E-state index is -1.57. The quantitative estimate of drug-likeness (QED) is 0.614. The summed E-state index contributed by atoms with van der Waals surface area (Å²) < 4.78 is 0. The van der Waals surface area contributed by atoms with E-state index in [4.69, 9.17) is 5.11 Å². The molecule has 0 aromatic carbocycles. The lowest BCUT2D eigenvalue weighted by atomic mass is 9.70. The van der Waals surface area contributed by atoms with Crippen LogP contribution >= 0.6 is 0 Å². The highest BCUT2D eigenvalue weighted by Crippen LogP contribution is 2.38. The lowest BCUT2D eigenvalue weighted by Crippen LogP contribution is -2.60. The van der Waals surface area contributed by atoms with E-state index in [1.165, 1.54) is 0 Å². The third-order valence-electron chi connectivity index (χ3n) is 2.99. The molecule has 0 aromatic rings. The van der Waals surface area contributed by atoms with Gasteiger partial charge in [-0.05, 0) is 7.05 Å². The number of carboxylic acid groups (broad SMARTS) is 1. The highest BCUT2D eigenvalue weighted by atomic mass is 16.4. The van der Waals surface area contributed by atoms with Crippen LogP contribution in [0.3, 0.4) is 0 Å². The van der Waals surface area contributed by atoms with Crippen LogP contribution in [0.2, 0.25) is 0 Å². The second kappa shape index (κ2) is 2.96. The van der Waals surface area contributed by atoms with Crippen molar-refractivity contribution in [3.05, 3.63) is 0 Å².